The lowest BCUT2D eigenvalue weighted by atomic mass is 10.1. The highest BCUT2D eigenvalue weighted by Crippen LogP contribution is 2.39. The minimum absolute atomic E-state index is 0.0837. The average Bonchev–Trinajstić information content (AvgIpc) is 2.74. The second-order valence-electron chi connectivity index (χ2n) is 5.87. The van der Waals surface area contributed by atoms with Crippen LogP contribution in [0.15, 0.2) is 30.3 Å². The molecule has 0 aliphatic carbocycles. The molecule has 0 radical (unpaired) electrons. The summed E-state index contributed by atoms with van der Waals surface area (Å²) in [5.41, 5.74) is 1.10. The standard InChI is InChI=1S/C22H28O7/c1-6-26-19-12-16(13-20(27-7-2)21(19)28-8-3)22(23)29-14-15-9-10-17(24-4)18(11-15)25-5/h9-13H,6-8,14H2,1-5H3. The number of hydrogen-bond donors (Lipinski definition) is 0. The second kappa shape index (κ2) is 11.0. The Labute approximate surface area is 171 Å². The van der Waals surface area contributed by atoms with Crippen molar-refractivity contribution >= 4 is 5.97 Å². The molecule has 7 nitrogen and oxygen atoms in total. The molecule has 2 rings (SSSR count). The molecule has 0 amide bonds. The SMILES string of the molecule is CCOc1cc(C(=O)OCc2ccc(OC)c(OC)c2)cc(OCC)c1OCC. The number of carbonyl (C=O) groups excluding carboxylic acids is 1. The minimum Gasteiger partial charge on any atom is -0.493 e. The first-order valence-corrected chi connectivity index (χ1v) is 9.52. The van der Waals surface area contributed by atoms with Crippen LogP contribution in [0.25, 0.3) is 0 Å². The van der Waals surface area contributed by atoms with E-state index >= 15 is 0 Å². The zero-order valence-electron chi connectivity index (χ0n) is 17.6. The van der Waals surface area contributed by atoms with Gasteiger partial charge in [-0.2, -0.15) is 0 Å². The van der Waals surface area contributed by atoms with E-state index in [4.69, 9.17) is 28.4 Å². The molecule has 158 valence electrons. The lowest BCUT2D eigenvalue weighted by molar-refractivity contribution is 0.0471. The monoisotopic (exact) mass is 404 g/mol. The third kappa shape index (κ3) is 5.70. The largest absolute Gasteiger partial charge is 0.493 e. The fraction of sp³-hybridized carbons (Fsp3) is 0.409. The molecule has 0 N–H and O–H groups in total. The molecule has 0 aromatic heterocycles. The molecule has 0 spiro atoms. The Morgan fingerprint density at radius 2 is 1.34 bits per heavy atom. The highest BCUT2D eigenvalue weighted by molar-refractivity contribution is 5.91. The van der Waals surface area contributed by atoms with Crippen LogP contribution in [0.3, 0.4) is 0 Å². The maximum absolute atomic E-state index is 12.6. The van der Waals surface area contributed by atoms with Crippen molar-refractivity contribution in [1.29, 1.82) is 0 Å². The summed E-state index contributed by atoms with van der Waals surface area (Å²) >= 11 is 0. The number of methoxy groups -OCH3 is 2. The summed E-state index contributed by atoms with van der Waals surface area (Å²) in [5.74, 6) is 2.05. The highest BCUT2D eigenvalue weighted by atomic mass is 16.5. The molecule has 0 aliphatic rings. The second-order valence-corrected chi connectivity index (χ2v) is 5.87. The molecule has 0 fully saturated rings. The summed E-state index contributed by atoms with van der Waals surface area (Å²) in [4.78, 5) is 12.6. The van der Waals surface area contributed by atoms with Gasteiger partial charge in [-0.25, -0.2) is 4.79 Å². The molecule has 0 aliphatic heterocycles. The van der Waals surface area contributed by atoms with Gasteiger partial charge in [0.1, 0.15) is 6.61 Å². The van der Waals surface area contributed by atoms with Gasteiger partial charge in [-0.3, -0.25) is 0 Å². The molecule has 0 saturated heterocycles. The van der Waals surface area contributed by atoms with Gasteiger partial charge in [-0.15, -0.1) is 0 Å². The lowest BCUT2D eigenvalue weighted by Crippen LogP contribution is -2.09. The van der Waals surface area contributed by atoms with Crippen molar-refractivity contribution in [2.75, 3.05) is 34.0 Å². The third-order valence-corrected chi connectivity index (χ3v) is 3.96. The summed E-state index contributed by atoms with van der Waals surface area (Å²) in [6.07, 6.45) is 0. The van der Waals surface area contributed by atoms with Gasteiger partial charge in [0.2, 0.25) is 5.75 Å². The van der Waals surface area contributed by atoms with Gasteiger partial charge in [0.05, 0.1) is 39.6 Å². The van der Waals surface area contributed by atoms with Crippen LogP contribution in [0.5, 0.6) is 28.7 Å². The van der Waals surface area contributed by atoms with Crippen LogP contribution < -0.4 is 23.7 Å². The van der Waals surface area contributed by atoms with E-state index in [1.807, 2.05) is 26.8 Å². The van der Waals surface area contributed by atoms with Crippen LogP contribution in [0.1, 0.15) is 36.7 Å². The van der Waals surface area contributed by atoms with Crippen LogP contribution in [-0.2, 0) is 11.3 Å². The van der Waals surface area contributed by atoms with Crippen molar-refractivity contribution in [1.82, 2.24) is 0 Å². The fourth-order valence-electron chi connectivity index (χ4n) is 2.71. The molecule has 29 heavy (non-hydrogen) atoms. The van der Waals surface area contributed by atoms with Gasteiger partial charge >= 0.3 is 5.97 Å². The van der Waals surface area contributed by atoms with Crippen LogP contribution in [0.4, 0.5) is 0 Å². The van der Waals surface area contributed by atoms with Crippen LogP contribution in [0.2, 0.25) is 0 Å². The maximum Gasteiger partial charge on any atom is 0.338 e. The summed E-state index contributed by atoms with van der Waals surface area (Å²) < 4.78 is 32.9. The predicted octanol–water partition coefficient (Wildman–Crippen LogP) is 4.26. The maximum atomic E-state index is 12.6. The number of carbonyl (C=O) groups is 1. The Morgan fingerprint density at radius 3 is 1.86 bits per heavy atom. The van der Waals surface area contributed by atoms with E-state index in [2.05, 4.69) is 0 Å². The first-order chi connectivity index (χ1) is 14.1. The Balaban J connectivity index is 2.23. The first-order valence-electron chi connectivity index (χ1n) is 9.52. The normalized spacial score (nSPS) is 10.2. The quantitative estimate of drug-likeness (QED) is 0.518. The van der Waals surface area contributed by atoms with Gasteiger partial charge in [0.25, 0.3) is 0 Å². The molecule has 0 unspecified atom stereocenters. The van der Waals surface area contributed by atoms with E-state index in [1.54, 1.807) is 38.5 Å². The van der Waals surface area contributed by atoms with Gasteiger partial charge < -0.3 is 28.4 Å². The molecule has 2 aromatic carbocycles. The van der Waals surface area contributed by atoms with Gasteiger partial charge in [0.15, 0.2) is 23.0 Å². The van der Waals surface area contributed by atoms with E-state index in [-0.39, 0.29) is 6.61 Å². The Morgan fingerprint density at radius 1 is 0.759 bits per heavy atom. The molecule has 0 bridgehead atoms. The van der Waals surface area contributed by atoms with Gasteiger partial charge in [0, 0.05) is 0 Å². The van der Waals surface area contributed by atoms with E-state index in [9.17, 15) is 4.79 Å². The Hall–Kier alpha value is -3.09. The molecular weight excluding hydrogens is 376 g/mol. The smallest absolute Gasteiger partial charge is 0.338 e. The van der Waals surface area contributed by atoms with Crippen molar-refractivity contribution < 1.29 is 33.2 Å². The zero-order chi connectivity index (χ0) is 21.2. The molecule has 0 atom stereocenters. The highest BCUT2D eigenvalue weighted by Gasteiger charge is 2.19. The topological polar surface area (TPSA) is 72.5 Å². The van der Waals surface area contributed by atoms with Crippen LogP contribution >= 0.6 is 0 Å². The number of hydrogen-bond acceptors (Lipinski definition) is 7. The summed E-state index contributed by atoms with van der Waals surface area (Å²) in [7, 11) is 3.12. The Bertz CT molecular complexity index is 790. The Kier molecular flexibility index (Phi) is 8.45. The minimum atomic E-state index is -0.496. The van der Waals surface area contributed by atoms with Crippen LogP contribution in [0, 0.1) is 0 Å². The van der Waals surface area contributed by atoms with E-state index in [0.29, 0.717) is 54.1 Å². The van der Waals surface area contributed by atoms with E-state index in [0.717, 1.165) is 5.56 Å². The summed E-state index contributed by atoms with van der Waals surface area (Å²) in [5, 5.41) is 0. The van der Waals surface area contributed by atoms with Crippen molar-refractivity contribution in [3.05, 3.63) is 41.5 Å². The molecule has 0 heterocycles. The number of benzene rings is 2. The van der Waals surface area contributed by atoms with E-state index < -0.39 is 5.97 Å². The summed E-state index contributed by atoms with van der Waals surface area (Å²) in [6.45, 7) is 6.97. The molecule has 7 heteroatoms. The average molecular weight is 404 g/mol. The van der Waals surface area contributed by atoms with Crippen molar-refractivity contribution in [2.45, 2.75) is 27.4 Å². The first kappa shape index (κ1) is 22.2. The number of esters is 1. The third-order valence-electron chi connectivity index (χ3n) is 3.96. The number of rotatable bonds is 11. The van der Waals surface area contributed by atoms with E-state index in [1.165, 1.54) is 0 Å². The number of ether oxygens (including phenoxy) is 6. The zero-order valence-corrected chi connectivity index (χ0v) is 17.6. The van der Waals surface area contributed by atoms with Crippen molar-refractivity contribution in [3.63, 3.8) is 0 Å². The van der Waals surface area contributed by atoms with Gasteiger partial charge in [-0.1, -0.05) is 6.07 Å². The molecule has 2 aromatic rings. The van der Waals surface area contributed by atoms with Crippen molar-refractivity contribution in [3.8, 4) is 28.7 Å². The van der Waals surface area contributed by atoms with Crippen molar-refractivity contribution in [2.24, 2.45) is 0 Å². The van der Waals surface area contributed by atoms with Crippen LogP contribution in [-0.4, -0.2) is 40.0 Å². The summed E-state index contributed by atoms with van der Waals surface area (Å²) in [6, 6.07) is 8.55. The fourth-order valence-corrected chi connectivity index (χ4v) is 2.71. The molecular formula is C22H28O7. The predicted molar refractivity (Wildman–Crippen MR) is 109 cm³/mol. The van der Waals surface area contributed by atoms with Gasteiger partial charge in [-0.05, 0) is 50.6 Å². The lowest BCUT2D eigenvalue weighted by Gasteiger charge is -2.17. The molecule has 0 saturated carbocycles.